The summed E-state index contributed by atoms with van der Waals surface area (Å²) in [6.07, 6.45) is 1.58. The Hall–Kier alpha value is -1.33. The fourth-order valence-electron chi connectivity index (χ4n) is 1.40. The minimum atomic E-state index is 0.483. The predicted octanol–water partition coefficient (Wildman–Crippen LogP) is 4.07. The van der Waals surface area contributed by atoms with Crippen molar-refractivity contribution in [3.8, 4) is 0 Å². The zero-order valence-corrected chi connectivity index (χ0v) is 12.1. The van der Waals surface area contributed by atoms with E-state index in [1.807, 2.05) is 31.2 Å². The average molecular weight is 328 g/mol. The summed E-state index contributed by atoms with van der Waals surface area (Å²) in [6, 6.07) is 7.78. The summed E-state index contributed by atoms with van der Waals surface area (Å²) in [6.45, 7) is 2.75. The number of rotatable bonds is 4. The Labute approximate surface area is 119 Å². The zero-order chi connectivity index (χ0) is 13.0. The van der Waals surface area contributed by atoms with Crippen molar-refractivity contribution in [1.82, 2.24) is 9.97 Å². The van der Waals surface area contributed by atoms with E-state index in [0.717, 1.165) is 16.7 Å². The third-order valence-corrected chi connectivity index (χ3v) is 2.94. The molecule has 0 saturated heterocycles. The van der Waals surface area contributed by atoms with Crippen LogP contribution in [0.5, 0.6) is 0 Å². The second-order valence-electron chi connectivity index (χ2n) is 3.56. The molecule has 2 aromatic rings. The first-order valence-corrected chi connectivity index (χ1v) is 6.65. The molecule has 0 bridgehead atoms. The van der Waals surface area contributed by atoms with Crippen molar-refractivity contribution < 1.29 is 0 Å². The van der Waals surface area contributed by atoms with E-state index in [1.54, 1.807) is 6.20 Å². The molecule has 0 aliphatic heterocycles. The molecule has 94 valence electrons. The fourth-order valence-corrected chi connectivity index (χ4v) is 1.94. The molecule has 1 aromatic heterocycles. The van der Waals surface area contributed by atoms with Gasteiger partial charge in [0.05, 0.1) is 6.20 Å². The molecule has 0 unspecified atom stereocenters. The van der Waals surface area contributed by atoms with Crippen LogP contribution < -0.4 is 10.6 Å². The van der Waals surface area contributed by atoms with Gasteiger partial charge in [0.2, 0.25) is 5.95 Å². The van der Waals surface area contributed by atoms with Gasteiger partial charge < -0.3 is 10.6 Å². The van der Waals surface area contributed by atoms with Crippen LogP contribution in [0.1, 0.15) is 6.92 Å². The van der Waals surface area contributed by atoms with E-state index in [0.29, 0.717) is 16.8 Å². The van der Waals surface area contributed by atoms with E-state index in [2.05, 4.69) is 36.5 Å². The fraction of sp³-hybridized carbons (Fsp3) is 0.167. The number of nitrogens with one attached hydrogen (secondary N) is 2. The van der Waals surface area contributed by atoms with Crippen molar-refractivity contribution in [3.05, 3.63) is 40.0 Å². The van der Waals surface area contributed by atoms with Gasteiger partial charge in [-0.1, -0.05) is 33.6 Å². The number of anilines is 3. The van der Waals surface area contributed by atoms with E-state index < -0.39 is 0 Å². The van der Waals surface area contributed by atoms with E-state index >= 15 is 0 Å². The minimum Gasteiger partial charge on any atom is -0.354 e. The van der Waals surface area contributed by atoms with E-state index in [9.17, 15) is 0 Å². The van der Waals surface area contributed by atoms with Crippen molar-refractivity contribution in [2.24, 2.45) is 0 Å². The molecular weight excluding hydrogens is 316 g/mol. The van der Waals surface area contributed by atoms with Gasteiger partial charge in [-0.05, 0) is 25.1 Å². The van der Waals surface area contributed by atoms with E-state index in [1.165, 1.54) is 0 Å². The lowest BCUT2D eigenvalue weighted by molar-refractivity contribution is 1.09. The highest BCUT2D eigenvalue weighted by Gasteiger charge is 2.05. The molecule has 1 aromatic carbocycles. The maximum atomic E-state index is 6.06. The molecule has 6 heteroatoms. The van der Waals surface area contributed by atoms with Crippen LogP contribution in [0, 0.1) is 0 Å². The van der Waals surface area contributed by atoms with Crippen LogP contribution in [-0.2, 0) is 0 Å². The molecule has 1 heterocycles. The summed E-state index contributed by atoms with van der Waals surface area (Å²) in [4.78, 5) is 8.39. The van der Waals surface area contributed by atoms with Gasteiger partial charge in [0.1, 0.15) is 5.02 Å². The molecule has 4 nitrogen and oxygen atoms in total. The molecule has 0 aliphatic carbocycles. The van der Waals surface area contributed by atoms with Gasteiger partial charge in [-0.15, -0.1) is 0 Å². The number of hydrogen-bond donors (Lipinski definition) is 2. The summed E-state index contributed by atoms with van der Waals surface area (Å²) in [5.41, 5.74) is 0.910. The molecule has 0 saturated carbocycles. The number of nitrogens with zero attached hydrogens (tertiary/aromatic N) is 2. The SMILES string of the molecule is CCNc1ncc(Cl)c(Nc2cccc(Br)c2)n1. The largest absolute Gasteiger partial charge is 0.354 e. The summed E-state index contributed by atoms with van der Waals surface area (Å²) in [5, 5.41) is 6.68. The highest BCUT2D eigenvalue weighted by Crippen LogP contribution is 2.25. The summed E-state index contributed by atoms with van der Waals surface area (Å²) in [5.74, 6) is 1.14. The number of halogens is 2. The van der Waals surface area contributed by atoms with Crippen molar-refractivity contribution in [2.75, 3.05) is 17.2 Å². The van der Waals surface area contributed by atoms with Crippen LogP contribution >= 0.6 is 27.5 Å². The van der Waals surface area contributed by atoms with Gasteiger partial charge in [-0.2, -0.15) is 4.98 Å². The standard InChI is InChI=1S/C12H12BrClN4/c1-2-15-12-16-7-10(14)11(18-12)17-9-5-3-4-8(13)6-9/h3-7H,2H2,1H3,(H2,15,16,17,18). The van der Waals surface area contributed by atoms with Crippen LogP contribution in [0.3, 0.4) is 0 Å². The van der Waals surface area contributed by atoms with Gasteiger partial charge >= 0.3 is 0 Å². The summed E-state index contributed by atoms with van der Waals surface area (Å²) in [7, 11) is 0. The van der Waals surface area contributed by atoms with Gasteiger partial charge in [-0.25, -0.2) is 4.98 Å². The maximum absolute atomic E-state index is 6.06. The molecule has 18 heavy (non-hydrogen) atoms. The Bertz CT molecular complexity index is 547. The van der Waals surface area contributed by atoms with Crippen LogP contribution in [0.4, 0.5) is 17.5 Å². The molecule has 0 amide bonds. The monoisotopic (exact) mass is 326 g/mol. The average Bonchev–Trinajstić information content (AvgIpc) is 2.34. The minimum absolute atomic E-state index is 0.483. The smallest absolute Gasteiger partial charge is 0.224 e. The number of aromatic nitrogens is 2. The third kappa shape index (κ3) is 3.34. The quantitative estimate of drug-likeness (QED) is 0.889. The predicted molar refractivity (Wildman–Crippen MR) is 78.6 cm³/mol. The maximum Gasteiger partial charge on any atom is 0.224 e. The highest BCUT2D eigenvalue weighted by atomic mass is 79.9. The molecule has 0 radical (unpaired) electrons. The van der Waals surface area contributed by atoms with E-state index in [4.69, 9.17) is 11.6 Å². The van der Waals surface area contributed by atoms with Crippen molar-refractivity contribution in [1.29, 1.82) is 0 Å². The molecule has 2 N–H and O–H groups in total. The summed E-state index contributed by atoms with van der Waals surface area (Å²) < 4.78 is 0.990. The first-order chi connectivity index (χ1) is 8.69. The van der Waals surface area contributed by atoms with Gasteiger partial charge in [0.15, 0.2) is 5.82 Å². The molecular formula is C12H12BrClN4. The molecule has 0 spiro atoms. The van der Waals surface area contributed by atoms with Gasteiger partial charge in [-0.3, -0.25) is 0 Å². The van der Waals surface area contributed by atoms with Crippen LogP contribution in [0.2, 0.25) is 5.02 Å². The Balaban J connectivity index is 2.25. The molecule has 0 fully saturated rings. The Morgan fingerprint density at radius 3 is 2.94 bits per heavy atom. The zero-order valence-electron chi connectivity index (χ0n) is 9.74. The normalized spacial score (nSPS) is 10.2. The lowest BCUT2D eigenvalue weighted by atomic mass is 10.3. The topological polar surface area (TPSA) is 49.8 Å². The number of benzene rings is 1. The van der Waals surface area contributed by atoms with E-state index in [-0.39, 0.29) is 0 Å². The van der Waals surface area contributed by atoms with Crippen molar-refractivity contribution in [2.45, 2.75) is 6.92 Å². The lowest BCUT2D eigenvalue weighted by Gasteiger charge is -2.09. The lowest BCUT2D eigenvalue weighted by Crippen LogP contribution is -2.04. The van der Waals surface area contributed by atoms with Crippen molar-refractivity contribution >= 4 is 45.0 Å². The van der Waals surface area contributed by atoms with Crippen LogP contribution in [0.25, 0.3) is 0 Å². The Kier molecular flexibility index (Phi) is 4.38. The first kappa shape index (κ1) is 13.1. The molecule has 2 rings (SSSR count). The van der Waals surface area contributed by atoms with Gasteiger partial charge in [0, 0.05) is 16.7 Å². The Morgan fingerprint density at radius 1 is 1.39 bits per heavy atom. The van der Waals surface area contributed by atoms with Crippen molar-refractivity contribution in [3.63, 3.8) is 0 Å². The Morgan fingerprint density at radius 2 is 2.22 bits per heavy atom. The second kappa shape index (κ2) is 6.02. The second-order valence-corrected chi connectivity index (χ2v) is 4.88. The van der Waals surface area contributed by atoms with Gasteiger partial charge in [0.25, 0.3) is 0 Å². The molecule has 0 atom stereocenters. The van der Waals surface area contributed by atoms with Crippen LogP contribution in [-0.4, -0.2) is 16.5 Å². The third-order valence-electron chi connectivity index (χ3n) is 2.17. The van der Waals surface area contributed by atoms with Crippen LogP contribution in [0.15, 0.2) is 34.9 Å². The summed E-state index contributed by atoms with van der Waals surface area (Å²) >= 11 is 9.47. The highest BCUT2D eigenvalue weighted by molar-refractivity contribution is 9.10. The molecule has 0 aliphatic rings. The first-order valence-electron chi connectivity index (χ1n) is 5.48. The number of hydrogen-bond acceptors (Lipinski definition) is 4.